The van der Waals surface area contributed by atoms with Crippen molar-refractivity contribution in [2.24, 2.45) is 0 Å². The molecule has 0 spiro atoms. The Kier molecular flexibility index (Phi) is 4.12. The van der Waals surface area contributed by atoms with Crippen LogP contribution in [-0.4, -0.2) is 21.2 Å². The van der Waals surface area contributed by atoms with E-state index in [0.29, 0.717) is 12.1 Å². The lowest BCUT2D eigenvalue weighted by molar-refractivity contribution is -0.111. The van der Waals surface area contributed by atoms with Gasteiger partial charge in [0.15, 0.2) is 17.2 Å². The van der Waals surface area contributed by atoms with Crippen LogP contribution in [0, 0.1) is 0 Å². The first-order chi connectivity index (χ1) is 11.7. The third kappa shape index (κ3) is 4.79. The summed E-state index contributed by atoms with van der Waals surface area (Å²) in [5.41, 5.74) is -0.00846. The Morgan fingerprint density at radius 3 is 1.88 bits per heavy atom. The van der Waals surface area contributed by atoms with Gasteiger partial charge < -0.3 is 20.6 Å². The van der Waals surface area contributed by atoms with Crippen LogP contribution in [0.25, 0.3) is 6.08 Å². The standard InChI is InChI=1S/C15H12F5NO4S/c16-26(17,18,19,20)11-4-2-10(3-5-11)21-14(24)6-1-9-7-12(22)15(25)13(23)8-9/h1-8,22-23,25H,(H,21,24)/b6-1+. The van der Waals surface area contributed by atoms with Gasteiger partial charge in [-0.3, -0.25) is 4.79 Å². The van der Waals surface area contributed by atoms with Crippen LogP contribution in [-0.2, 0) is 4.79 Å². The number of halogens is 5. The van der Waals surface area contributed by atoms with Crippen LogP contribution in [0.3, 0.4) is 0 Å². The Hall–Kier alpha value is -2.95. The van der Waals surface area contributed by atoms with Gasteiger partial charge in [0, 0.05) is 11.8 Å². The highest BCUT2D eigenvalue weighted by atomic mass is 32.5. The molecule has 0 aliphatic carbocycles. The summed E-state index contributed by atoms with van der Waals surface area (Å²) < 4.78 is 62.9. The Morgan fingerprint density at radius 1 is 0.923 bits per heavy atom. The number of anilines is 1. The highest BCUT2D eigenvalue weighted by molar-refractivity contribution is 8.45. The minimum atomic E-state index is -9.77. The maximum Gasteiger partial charge on any atom is 0.310 e. The lowest BCUT2D eigenvalue weighted by Crippen LogP contribution is -2.09. The van der Waals surface area contributed by atoms with Crippen molar-refractivity contribution in [3.05, 3.63) is 48.0 Å². The normalized spacial score (nSPS) is 14.7. The van der Waals surface area contributed by atoms with Crippen LogP contribution in [0.4, 0.5) is 25.1 Å². The molecule has 5 nitrogen and oxygen atoms in total. The summed E-state index contributed by atoms with van der Waals surface area (Å²) in [6, 6.07) is 3.77. The fraction of sp³-hybridized carbons (Fsp3) is 0. The smallest absolute Gasteiger partial charge is 0.310 e. The molecule has 0 saturated heterocycles. The van der Waals surface area contributed by atoms with Crippen molar-refractivity contribution in [3.63, 3.8) is 0 Å². The Morgan fingerprint density at radius 2 is 1.42 bits per heavy atom. The zero-order valence-electron chi connectivity index (χ0n) is 12.7. The number of hydrogen-bond donors (Lipinski definition) is 4. The van der Waals surface area contributed by atoms with Gasteiger partial charge in [-0.05, 0) is 48.0 Å². The summed E-state index contributed by atoms with van der Waals surface area (Å²) in [5.74, 6) is -2.80. The van der Waals surface area contributed by atoms with E-state index in [1.165, 1.54) is 0 Å². The zero-order chi connectivity index (χ0) is 19.8. The third-order valence-electron chi connectivity index (χ3n) is 3.09. The second kappa shape index (κ2) is 5.53. The highest BCUT2D eigenvalue weighted by Gasteiger charge is 2.65. The topological polar surface area (TPSA) is 89.8 Å². The van der Waals surface area contributed by atoms with Gasteiger partial charge >= 0.3 is 10.2 Å². The van der Waals surface area contributed by atoms with Gasteiger partial charge in [-0.2, -0.15) is 0 Å². The van der Waals surface area contributed by atoms with Crippen LogP contribution in [0.1, 0.15) is 5.56 Å². The number of benzene rings is 2. The molecule has 0 unspecified atom stereocenters. The molecule has 142 valence electrons. The van der Waals surface area contributed by atoms with Crippen molar-refractivity contribution in [1.82, 2.24) is 0 Å². The molecule has 0 heterocycles. The van der Waals surface area contributed by atoms with Crippen LogP contribution < -0.4 is 5.32 Å². The number of carbonyl (C=O) groups excluding carboxylic acids is 1. The first-order valence-corrected chi connectivity index (χ1v) is 8.69. The van der Waals surface area contributed by atoms with Crippen LogP contribution in [0.5, 0.6) is 17.2 Å². The van der Waals surface area contributed by atoms with E-state index >= 15 is 0 Å². The number of phenolic OH excluding ortho intramolecular Hbond substituents is 3. The van der Waals surface area contributed by atoms with Crippen molar-refractivity contribution < 1.29 is 39.5 Å². The Labute approximate surface area is 143 Å². The molecule has 0 radical (unpaired) electrons. The van der Waals surface area contributed by atoms with Gasteiger partial charge in [0.2, 0.25) is 5.91 Å². The monoisotopic (exact) mass is 397 g/mol. The SMILES string of the molecule is O=C(/C=C/c1cc(O)c(O)c(O)c1)Nc1ccc(S(F)(F)(F)(F)F)cc1. The molecular weight excluding hydrogens is 385 g/mol. The van der Waals surface area contributed by atoms with Crippen molar-refractivity contribution in [2.45, 2.75) is 4.90 Å². The first kappa shape index (κ1) is 19.4. The molecule has 11 heteroatoms. The van der Waals surface area contributed by atoms with Gasteiger partial charge in [-0.1, -0.05) is 19.4 Å². The second-order valence-electron chi connectivity index (χ2n) is 5.22. The summed E-state index contributed by atoms with van der Waals surface area (Å²) in [6.07, 6.45) is 2.06. The van der Waals surface area contributed by atoms with Gasteiger partial charge in [0.05, 0.1) is 0 Å². The number of aromatic hydroxyl groups is 3. The van der Waals surface area contributed by atoms with Gasteiger partial charge in [-0.15, -0.1) is 0 Å². The van der Waals surface area contributed by atoms with E-state index in [4.69, 9.17) is 0 Å². The fourth-order valence-electron chi connectivity index (χ4n) is 1.87. The predicted octanol–water partition coefficient (Wildman–Crippen LogP) is 5.11. The number of carbonyl (C=O) groups is 1. The molecule has 0 atom stereocenters. The van der Waals surface area contributed by atoms with E-state index in [2.05, 4.69) is 5.32 Å². The van der Waals surface area contributed by atoms with Gasteiger partial charge in [-0.25, -0.2) is 0 Å². The average molecular weight is 397 g/mol. The summed E-state index contributed by atoms with van der Waals surface area (Å²) in [6.45, 7) is 0. The minimum Gasteiger partial charge on any atom is -0.504 e. The molecule has 0 aliphatic rings. The number of hydrogen-bond acceptors (Lipinski definition) is 4. The summed E-state index contributed by atoms with van der Waals surface area (Å²) in [5, 5.41) is 30.0. The van der Waals surface area contributed by atoms with E-state index in [-0.39, 0.29) is 23.4 Å². The summed E-state index contributed by atoms with van der Waals surface area (Å²) in [7, 11) is -9.77. The second-order valence-corrected chi connectivity index (χ2v) is 7.63. The van der Waals surface area contributed by atoms with Crippen molar-refractivity contribution in [3.8, 4) is 17.2 Å². The van der Waals surface area contributed by atoms with Crippen LogP contribution in [0.15, 0.2) is 47.4 Å². The van der Waals surface area contributed by atoms with Gasteiger partial charge in [0.1, 0.15) is 4.90 Å². The number of amides is 1. The van der Waals surface area contributed by atoms with E-state index in [1.54, 1.807) is 0 Å². The lowest BCUT2D eigenvalue weighted by atomic mass is 10.1. The maximum absolute atomic E-state index is 12.6. The molecule has 0 bridgehead atoms. The maximum atomic E-state index is 12.6. The number of phenols is 3. The molecule has 0 aliphatic heterocycles. The highest BCUT2D eigenvalue weighted by Crippen LogP contribution is 3.02. The molecule has 0 aromatic heterocycles. The van der Waals surface area contributed by atoms with Crippen molar-refractivity contribution in [2.75, 3.05) is 5.32 Å². The number of rotatable bonds is 4. The Bertz CT molecular complexity index is 872. The molecule has 0 fully saturated rings. The molecule has 2 aromatic rings. The van der Waals surface area contributed by atoms with Crippen LogP contribution >= 0.6 is 10.2 Å². The summed E-state index contributed by atoms with van der Waals surface area (Å²) in [4.78, 5) is 9.62. The minimum absolute atomic E-state index is 0.143. The van der Waals surface area contributed by atoms with Crippen LogP contribution in [0.2, 0.25) is 0 Å². The zero-order valence-corrected chi connectivity index (χ0v) is 13.5. The molecule has 26 heavy (non-hydrogen) atoms. The van der Waals surface area contributed by atoms with Gasteiger partial charge in [0.25, 0.3) is 0 Å². The van der Waals surface area contributed by atoms with E-state index in [9.17, 15) is 39.5 Å². The molecule has 0 saturated carbocycles. The molecular formula is C15H12F5NO4S. The van der Waals surface area contributed by atoms with E-state index in [0.717, 1.165) is 24.3 Å². The van der Waals surface area contributed by atoms with Crippen molar-refractivity contribution in [1.29, 1.82) is 0 Å². The quantitative estimate of drug-likeness (QED) is 0.328. The van der Waals surface area contributed by atoms with E-state index < -0.39 is 38.3 Å². The van der Waals surface area contributed by atoms with E-state index in [1.807, 2.05) is 0 Å². The predicted molar refractivity (Wildman–Crippen MR) is 86.9 cm³/mol. The number of nitrogens with one attached hydrogen (secondary N) is 1. The molecule has 1 amide bonds. The molecule has 2 rings (SSSR count). The first-order valence-electron chi connectivity index (χ1n) is 6.74. The largest absolute Gasteiger partial charge is 0.504 e. The fourth-order valence-corrected chi connectivity index (χ4v) is 2.52. The third-order valence-corrected chi connectivity index (χ3v) is 4.25. The lowest BCUT2D eigenvalue weighted by Gasteiger charge is -2.40. The Balaban J connectivity index is 2.11. The molecule has 4 N–H and O–H groups in total. The summed E-state index contributed by atoms with van der Waals surface area (Å²) >= 11 is 0. The average Bonchev–Trinajstić information content (AvgIpc) is 2.48. The molecule has 2 aromatic carbocycles. The van der Waals surface area contributed by atoms with Crippen molar-refractivity contribution >= 4 is 27.9 Å².